The third kappa shape index (κ3) is 3.54. The lowest BCUT2D eigenvalue weighted by molar-refractivity contribution is 0.555. The molecule has 0 aromatic heterocycles. The minimum absolute atomic E-state index is 0.0493. The van der Waals surface area contributed by atoms with Crippen LogP contribution in [0.3, 0.4) is 0 Å². The van der Waals surface area contributed by atoms with Gasteiger partial charge in [0, 0.05) is 15.8 Å². The molecule has 6 heteroatoms. The highest BCUT2D eigenvalue weighted by Crippen LogP contribution is 2.30. The van der Waals surface area contributed by atoms with Gasteiger partial charge >= 0.3 is 0 Å². The Morgan fingerprint density at radius 3 is 2.74 bits per heavy atom. The van der Waals surface area contributed by atoms with Crippen LogP contribution in [0.15, 0.2) is 27.6 Å². The summed E-state index contributed by atoms with van der Waals surface area (Å²) in [5.74, 6) is 0. The summed E-state index contributed by atoms with van der Waals surface area (Å²) in [5, 5.41) is 0.388. The van der Waals surface area contributed by atoms with Gasteiger partial charge in [0.2, 0.25) is 10.0 Å². The van der Waals surface area contributed by atoms with Crippen LogP contribution in [0.2, 0.25) is 0 Å². The lowest BCUT2D eigenvalue weighted by Crippen LogP contribution is -2.38. The molecule has 1 saturated carbocycles. The van der Waals surface area contributed by atoms with E-state index in [2.05, 4.69) is 20.7 Å². The van der Waals surface area contributed by atoms with E-state index in [4.69, 9.17) is 0 Å². The Kier molecular flexibility index (Phi) is 4.98. The highest BCUT2D eigenvalue weighted by molar-refractivity contribution is 9.10. The number of aryl methyl sites for hydroxylation is 1. The van der Waals surface area contributed by atoms with Crippen LogP contribution in [0.4, 0.5) is 0 Å². The van der Waals surface area contributed by atoms with E-state index < -0.39 is 10.0 Å². The van der Waals surface area contributed by atoms with E-state index in [1.165, 1.54) is 0 Å². The van der Waals surface area contributed by atoms with Crippen molar-refractivity contribution in [2.75, 3.05) is 6.26 Å². The molecule has 1 aliphatic rings. The van der Waals surface area contributed by atoms with Crippen molar-refractivity contribution in [1.82, 2.24) is 4.72 Å². The van der Waals surface area contributed by atoms with Gasteiger partial charge in [0.1, 0.15) is 0 Å². The highest BCUT2D eigenvalue weighted by atomic mass is 79.9. The van der Waals surface area contributed by atoms with Crippen LogP contribution in [-0.4, -0.2) is 26.0 Å². The van der Waals surface area contributed by atoms with Crippen molar-refractivity contribution >= 4 is 37.7 Å². The first-order valence-corrected chi connectivity index (χ1v) is 9.82. The fraction of sp³-hybridized carbons (Fsp3) is 0.538. The summed E-state index contributed by atoms with van der Waals surface area (Å²) in [5.41, 5.74) is 1.04. The maximum Gasteiger partial charge on any atom is 0.241 e. The molecule has 1 aromatic rings. The van der Waals surface area contributed by atoms with Gasteiger partial charge in [0.05, 0.1) is 4.90 Å². The Morgan fingerprint density at radius 2 is 2.11 bits per heavy atom. The van der Waals surface area contributed by atoms with E-state index in [-0.39, 0.29) is 6.04 Å². The lowest BCUT2D eigenvalue weighted by atomic mass is 10.2. The summed E-state index contributed by atoms with van der Waals surface area (Å²) < 4.78 is 28.3. The molecule has 2 unspecified atom stereocenters. The molecule has 3 nitrogen and oxygen atoms in total. The summed E-state index contributed by atoms with van der Waals surface area (Å²) in [7, 11) is -3.44. The minimum Gasteiger partial charge on any atom is -0.207 e. The van der Waals surface area contributed by atoms with Crippen LogP contribution < -0.4 is 4.72 Å². The Morgan fingerprint density at radius 1 is 1.37 bits per heavy atom. The van der Waals surface area contributed by atoms with Crippen LogP contribution in [0.25, 0.3) is 0 Å². The number of halogens is 1. The molecule has 0 saturated heterocycles. The number of benzene rings is 1. The van der Waals surface area contributed by atoms with Gasteiger partial charge in [0.15, 0.2) is 0 Å². The van der Waals surface area contributed by atoms with Gasteiger partial charge in [-0.1, -0.05) is 12.5 Å². The number of hydrogen-bond acceptors (Lipinski definition) is 3. The van der Waals surface area contributed by atoms with Crippen molar-refractivity contribution < 1.29 is 8.42 Å². The van der Waals surface area contributed by atoms with Gasteiger partial charge < -0.3 is 0 Å². The van der Waals surface area contributed by atoms with Crippen LogP contribution in [0.5, 0.6) is 0 Å². The Bertz CT molecular complexity index is 560. The fourth-order valence-electron chi connectivity index (χ4n) is 2.43. The second-order valence-corrected chi connectivity index (χ2v) is 8.48. The van der Waals surface area contributed by atoms with Crippen molar-refractivity contribution in [2.24, 2.45) is 0 Å². The Hall–Kier alpha value is -0.0400. The van der Waals surface area contributed by atoms with Crippen molar-refractivity contribution in [3.63, 3.8) is 0 Å². The molecule has 0 amide bonds. The Labute approximate surface area is 127 Å². The first-order chi connectivity index (χ1) is 8.94. The summed E-state index contributed by atoms with van der Waals surface area (Å²) >= 11 is 5.08. The summed E-state index contributed by atoms with van der Waals surface area (Å²) in [6, 6.07) is 5.35. The van der Waals surface area contributed by atoms with Gasteiger partial charge in [-0.15, -0.1) is 0 Å². The molecule has 0 bridgehead atoms. The summed E-state index contributed by atoms with van der Waals surface area (Å²) in [6.07, 6.45) is 5.14. The van der Waals surface area contributed by atoms with Gasteiger partial charge in [-0.05, 0) is 59.6 Å². The number of nitrogens with one attached hydrogen (secondary N) is 1. The minimum atomic E-state index is -3.44. The fourth-order valence-corrected chi connectivity index (χ4v) is 5.95. The van der Waals surface area contributed by atoms with E-state index in [0.717, 1.165) is 24.8 Å². The number of rotatable bonds is 4. The molecular formula is C13H18BrNO2S2. The lowest BCUT2D eigenvalue weighted by Gasteiger charge is -2.19. The second-order valence-electron chi connectivity index (χ2n) is 4.87. The first-order valence-electron chi connectivity index (χ1n) is 6.25. The zero-order chi connectivity index (χ0) is 14.0. The zero-order valence-electron chi connectivity index (χ0n) is 11.0. The normalized spacial score (nSPS) is 23.7. The van der Waals surface area contributed by atoms with E-state index >= 15 is 0 Å². The van der Waals surface area contributed by atoms with E-state index in [0.29, 0.717) is 14.6 Å². The average Bonchev–Trinajstić information content (AvgIpc) is 2.74. The smallest absolute Gasteiger partial charge is 0.207 e. The third-order valence-electron chi connectivity index (χ3n) is 3.44. The summed E-state index contributed by atoms with van der Waals surface area (Å²) in [6.45, 7) is 1.94. The molecule has 0 radical (unpaired) electrons. The largest absolute Gasteiger partial charge is 0.241 e. The van der Waals surface area contributed by atoms with E-state index in [1.54, 1.807) is 17.8 Å². The molecular weight excluding hydrogens is 346 g/mol. The van der Waals surface area contributed by atoms with Crippen molar-refractivity contribution in [3.05, 3.63) is 28.2 Å². The van der Waals surface area contributed by atoms with Crippen molar-refractivity contribution in [1.29, 1.82) is 0 Å². The maximum atomic E-state index is 12.4. The molecule has 106 valence electrons. The quantitative estimate of drug-likeness (QED) is 0.892. The van der Waals surface area contributed by atoms with Crippen LogP contribution >= 0.6 is 27.7 Å². The standard InChI is InChI=1S/C13H18BrNO2S2/c1-9-6-7-13(10(14)8-9)19(16,17)15-11-4-3-5-12(11)18-2/h6-8,11-12,15H,3-5H2,1-2H3. The number of hydrogen-bond donors (Lipinski definition) is 1. The molecule has 0 aliphatic heterocycles. The molecule has 1 aliphatic carbocycles. The number of thioether (sulfide) groups is 1. The zero-order valence-corrected chi connectivity index (χ0v) is 14.2. The SMILES string of the molecule is CSC1CCCC1NS(=O)(=O)c1ccc(C)cc1Br. The maximum absolute atomic E-state index is 12.4. The molecule has 0 spiro atoms. The Balaban J connectivity index is 2.23. The molecule has 0 heterocycles. The molecule has 2 rings (SSSR count). The molecule has 19 heavy (non-hydrogen) atoms. The van der Waals surface area contributed by atoms with Gasteiger partial charge in [-0.25, -0.2) is 13.1 Å². The van der Waals surface area contributed by atoms with Gasteiger partial charge in [-0.2, -0.15) is 11.8 Å². The van der Waals surface area contributed by atoms with Crippen molar-refractivity contribution in [2.45, 2.75) is 42.4 Å². The highest BCUT2D eigenvalue weighted by Gasteiger charge is 2.31. The summed E-state index contributed by atoms with van der Waals surface area (Å²) in [4.78, 5) is 0.324. The third-order valence-corrected chi connectivity index (χ3v) is 7.08. The molecule has 1 aromatic carbocycles. The monoisotopic (exact) mass is 363 g/mol. The molecule has 1 fully saturated rings. The van der Waals surface area contributed by atoms with Gasteiger partial charge in [0.25, 0.3) is 0 Å². The van der Waals surface area contributed by atoms with Gasteiger partial charge in [-0.3, -0.25) is 0 Å². The van der Waals surface area contributed by atoms with Crippen LogP contribution in [-0.2, 0) is 10.0 Å². The number of sulfonamides is 1. The van der Waals surface area contributed by atoms with Crippen molar-refractivity contribution in [3.8, 4) is 0 Å². The topological polar surface area (TPSA) is 46.2 Å². The van der Waals surface area contributed by atoms with E-state index in [1.807, 2.05) is 25.3 Å². The predicted molar refractivity (Wildman–Crippen MR) is 84.1 cm³/mol. The molecule has 2 atom stereocenters. The molecule has 1 N–H and O–H groups in total. The first kappa shape index (κ1) is 15.4. The van der Waals surface area contributed by atoms with Crippen LogP contribution in [0.1, 0.15) is 24.8 Å². The van der Waals surface area contributed by atoms with E-state index in [9.17, 15) is 8.42 Å². The average molecular weight is 364 g/mol. The predicted octanol–water partition coefficient (Wildman–Crippen LogP) is 3.32. The second kappa shape index (κ2) is 6.16. The van der Waals surface area contributed by atoms with Crippen LogP contribution in [0, 0.1) is 6.92 Å².